The molecule has 10 heteroatoms. The van der Waals surface area contributed by atoms with Gasteiger partial charge >= 0.3 is 5.97 Å². The van der Waals surface area contributed by atoms with Crippen LogP contribution in [0.1, 0.15) is 41.9 Å². The zero-order valence-electron chi connectivity index (χ0n) is 20.2. The number of carbonyl (C=O) groups is 1. The van der Waals surface area contributed by atoms with E-state index in [1.165, 1.54) is 11.3 Å². The highest BCUT2D eigenvalue weighted by molar-refractivity contribution is 7.85. The molecule has 0 fully saturated rings. The Labute approximate surface area is 209 Å². The highest BCUT2D eigenvalue weighted by atomic mass is 32.2. The average molecular weight is 520 g/mol. The summed E-state index contributed by atoms with van der Waals surface area (Å²) in [6, 6.07) is 7.83. The molecule has 0 bridgehead atoms. The van der Waals surface area contributed by atoms with Crippen molar-refractivity contribution in [3.8, 4) is 33.2 Å². The Balaban J connectivity index is 1.91. The molecule has 2 aromatic heterocycles. The van der Waals surface area contributed by atoms with E-state index in [9.17, 15) is 18.3 Å². The van der Waals surface area contributed by atoms with Crippen LogP contribution in [0.5, 0.6) is 11.5 Å². The monoisotopic (exact) mass is 519 g/mol. The van der Waals surface area contributed by atoms with E-state index in [-0.39, 0.29) is 18.4 Å². The lowest BCUT2D eigenvalue weighted by Gasteiger charge is -2.24. The first-order chi connectivity index (χ1) is 16.6. The van der Waals surface area contributed by atoms with Gasteiger partial charge in [-0.1, -0.05) is 6.07 Å². The second kappa shape index (κ2) is 10.0. The number of hydrogen-bond donors (Lipinski definition) is 1. The molecule has 1 N–H and O–H groups in total. The molecule has 1 aliphatic heterocycles. The van der Waals surface area contributed by atoms with E-state index in [1.807, 2.05) is 48.1 Å². The van der Waals surface area contributed by atoms with Gasteiger partial charge in [0.2, 0.25) is 0 Å². The zero-order valence-corrected chi connectivity index (χ0v) is 21.8. The number of nitrogens with zero attached hydrogens (tertiary/aromatic N) is 1. The van der Waals surface area contributed by atoms with Crippen LogP contribution in [0.4, 0.5) is 0 Å². The number of thiophene rings is 1. The number of aryl methyl sites for hydroxylation is 1. The fraction of sp³-hybridized carbons (Fsp3) is 0.400. The third kappa shape index (κ3) is 5.24. The number of hydrogen-bond acceptors (Lipinski definition) is 7. The van der Waals surface area contributed by atoms with Gasteiger partial charge in [-0.3, -0.25) is 4.18 Å². The Morgan fingerprint density at radius 2 is 2.03 bits per heavy atom. The van der Waals surface area contributed by atoms with Crippen LogP contribution in [0.2, 0.25) is 0 Å². The minimum atomic E-state index is -3.57. The standard InChI is InChI=1S/C25H29NO7S2/c1-15(2)33-20-14-18-16(13-19(20)31-3)9-10-26-23(18)22(21-8-6-12-34-21)17(24(26)25(27)28)7-5-11-32-35(4,29)30/h6,8,12-15H,5,7,9-11H2,1-4H3,(H,27,28). The van der Waals surface area contributed by atoms with Gasteiger partial charge < -0.3 is 19.1 Å². The van der Waals surface area contributed by atoms with Crippen molar-refractivity contribution < 1.29 is 32.0 Å². The molecule has 0 unspecified atom stereocenters. The van der Waals surface area contributed by atoms with Crippen LogP contribution in [0.25, 0.3) is 21.7 Å². The van der Waals surface area contributed by atoms with Crippen molar-refractivity contribution in [3.05, 3.63) is 46.5 Å². The Morgan fingerprint density at radius 1 is 1.26 bits per heavy atom. The van der Waals surface area contributed by atoms with Gasteiger partial charge in [-0.2, -0.15) is 8.42 Å². The van der Waals surface area contributed by atoms with E-state index in [0.29, 0.717) is 42.9 Å². The average Bonchev–Trinajstić information content (AvgIpc) is 3.40. The second-order valence-corrected chi connectivity index (χ2v) is 11.3. The summed E-state index contributed by atoms with van der Waals surface area (Å²) in [5.41, 5.74) is 4.58. The minimum absolute atomic E-state index is 0.0115. The molecule has 188 valence electrons. The SMILES string of the molecule is COc1cc2c(cc1OC(C)C)-c1c(-c3cccs3)c(CCCOS(C)(=O)=O)c(C(=O)O)n1CC2. The van der Waals surface area contributed by atoms with Crippen molar-refractivity contribution in [3.63, 3.8) is 0 Å². The number of carboxylic acid groups (broad SMARTS) is 1. The number of methoxy groups -OCH3 is 1. The van der Waals surface area contributed by atoms with E-state index in [0.717, 1.165) is 33.5 Å². The van der Waals surface area contributed by atoms with Crippen molar-refractivity contribution in [2.75, 3.05) is 20.0 Å². The molecule has 35 heavy (non-hydrogen) atoms. The third-order valence-corrected chi connectivity index (χ3v) is 7.30. The van der Waals surface area contributed by atoms with E-state index < -0.39 is 16.1 Å². The van der Waals surface area contributed by atoms with Crippen LogP contribution in [-0.4, -0.2) is 50.1 Å². The molecule has 0 atom stereocenters. The fourth-order valence-electron chi connectivity index (χ4n) is 4.58. The molecule has 0 aliphatic carbocycles. The molecule has 0 radical (unpaired) electrons. The van der Waals surface area contributed by atoms with Crippen molar-refractivity contribution in [1.29, 1.82) is 0 Å². The van der Waals surface area contributed by atoms with Gasteiger partial charge in [0.1, 0.15) is 5.69 Å². The lowest BCUT2D eigenvalue weighted by molar-refractivity contribution is 0.0683. The quantitative estimate of drug-likeness (QED) is 0.302. The van der Waals surface area contributed by atoms with Gasteiger partial charge in [-0.15, -0.1) is 11.3 Å². The van der Waals surface area contributed by atoms with Crippen molar-refractivity contribution >= 4 is 27.4 Å². The van der Waals surface area contributed by atoms with Gasteiger partial charge in [0.05, 0.1) is 31.8 Å². The maximum absolute atomic E-state index is 12.5. The molecule has 3 heterocycles. The molecule has 1 aliphatic rings. The molecular weight excluding hydrogens is 490 g/mol. The predicted octanol–water partition coefficient (Wildman–Crippen LogP) is 4.84. The van der Waals surface area contributed by atoms with Gasteiger partial charge in [-0.05, 0) is 67.8 Å². The highest BCUT2D eigenvalue weighted by Gasteiger charge is 2.32. The summed E-state index contributed by atoms with van der Waals surface area (Å²) in [5.74, 6) is 0.239. The summed E-state index contributed by atoms with van der Waals surface area (Å²) in [6.07, 6.45) is 2.33. The normalized spacial score (nSPS) is 12.9. The summed E-state index contributed by atoms with van der Waals surface area (Å²) in [7, 11) is -1.96. The maximum atomic E-state index is 12.5. The van der Waals surface area contributed by atoms with Crippen LogP contribution >= 0.6 is 11.3 Å². The Morgan fingerprint density at radius 3 is 2.63 bits per heavy atom. The first kappa shape index (κ1) is 25.3. The summed E-state index contributed by atoms with van der Waals surface area (Å²) in [6.45, 7) is 4.38. The number of ether oxygens (including phenoxy) is 2. The minimum Gasteiger partial charge on any atom is -0.493 e. The maximum Gasteiger partial charge on any atom is 0.352 e. The van der Waals surface area contributed by atoms with E-state index in [2.05, 4.69) is 0 Å². The fourth-order valence-corrected chi connectivity index (χ4v) is 5.79. The smallest absolute Gasteiger partial charge is 0.352 e. The summed E-state index contributed by atoms with van der Waals surface area (Å²) >= 11 is 1.54. The molecule has 0 saturated heterocycles. The third-order valence-electron chi connectivity index (χ3n) is 5.81. The summed E-state index contributed by atoms with van der Waals surface area (Å²) < 4.78 is 41.2. The van der Waals surface area contributed by atoms with Gasteiger partial charge in [0, 0.05) is 22.5 Å². The highest BCUT2D eigenvalue weighted by Crippen LogP contribution is 2.47. The van der Waals surface area contributed by atoms with Gasteiger partial charge in [0.25, 0.3) is 10.1 Å². The predicted molar refractivity (Wildman–Crippen MR) is 135 cm³/mol. The Hall–Kier alpha value is -2.82. The molecule has 3 aromatic rings. The van der Waals surface area contributed by atoms with Crippen molar-refractivity contribution in [2.45, 2.75) is 45.8 Å². The largest absolute Gasteiger partial charge is 0.493 e. The number of aromatic carboxylic acids is 1. The van der Waals surface area contributed by atoms with Crippen LogP contribution in [0.3, 0.4) is 0 Å². The number of aromatic nitrogens is 1. The van der Waals surface area contributed by atoms with Crippen LogP contribution < -0.4 is 9.47 Å². The first-order valence-corrected chi connectivity index (χ1v) is 14.0. The van der Waals surface area contributed by atoms with E-state index in [1.54, 1.807) is 7.11 Å². The van der Waals surface area contributed by atoms with Gasteiger partial charge in [-0.25, -0.2) is 4.79 Å². The zero-order chi connectivity index (χ0) is 25.3. The van der Waals surface area contributed by atoms with Crippen LogP contribution in [0, 0.1) is 0 Å². The summed E-state index contributed by atoms with van der Waals surface area (Å²) in [5, 5.41) is 12.2. The number of carboxylic acids is 1. The lowest BCUT2D eigenvalue weighted by atomic mass is 9.93. The summed E-state index contributed by atoms with van der Waals surface area (Å²) in [4.78, 5) is 13.5. The molecule has 0 amide bonds. The number of fused-ring (bicyclic) bond motifs is 3. The van der Waals surface area contributed by atoms with Crippen molar-refractivity contribution in [2.24, 2.45) is 0 Å². The molecule has 1 aromatic carbocycles. The van der Waals surface area contributed by atoms with Crippen LogP contribution in [0.15, 0.2) is 29.6 Å². The lowest BCUT2D eigenvalue weighted by Crippen LogP contribution is -2.17. The molecular formula is C25H29NO7S2. The van der Waals surface area contributed by atoms with Crippen LogP contribution in [-0.2, 0) is 33.7 Å². The molecule has 4 rings (SSSR count). The first-order valence-electron chi connectivity index (χ1n) is 11.4. The topological polar surface area (TPSA) is 104 Å². The van der Waals surface area contributed by atoms with Gasteiger partial charge in [0.15, 0.2) is 11.5 Å². The van der Waals surface area contributed by atoms with E-state index in [4.69, 9.17) is 13.7 Å². The number of rotatable bonds is 10. The molecule has 0 saturated carbocycles. The second-order valence-electron chi connectivity index (χ2n) is 8.69. The van der Waals surface area contributed by atoms with E-state index >= 15 is 0 Å². The number of benzene rings is 1. The Bertz CT molecular complexity index is 1340. The Kier molecular flexibility index (Phi) is 7.25. The molecule has 0 spiro atoms. The van der Waals surface area contributed by atoms with Crippen molar-refractivity contribution in [1.82, 2.24) is 4.57 Å². The molecule has 8 nitrogen and oxygen atoms in total.